The van der Waals surface area contributed by atoms with Gasteiger partial charge in [0.1, 0.15) is 4.90 Å². The molecule has 1 fully saturated rings. The Morgan fingerprint density at radius 2 is 2.00 bits per heavy atom. The maximum absolute atomic E-state index is 13.7. The Hall–Kier alpha value is -1.05. The average Bonchev–Trinajstić information content (AvgIpc) is 2.29. The van der Waals surface area contributed by atoms with Crippen LogP contribution < -0.4 is 10.5 Å². The third-order valence-electron chi connectivity index (χ3n) is 3.42. The van der Waals surface area contributed by atoms with E-state index in [1.807, 2.05) is 0 Å². The van der Waals surface area contributed by atoms with Crippen LogP contribution in [0.5, 0.6) is 0 Å². The van der Waals surface area contributed by atoms with Gasteiger partial charge in [-0.3, -0.25) is 0 Å². The summed E-state index contributed by atoms with van der Waals surface area (Å²) in [6.07, 6.45) is 2.29. The summed E-state index contributed by atoms with van der Waals surface area (Å²) in [6.45, 7) is 1.69. The Labute approximate surface area is 111 Å². The average molecular weight is 290 g/mol. The molecule has 19 heavy (non-hydrogen) atoms. The molecule has 1 aliphatic rings. The lowest BCUT2D eigenvalue weighted by molar-refractivity contribution is 0.247. The fraction of sp³-hybridized carbons (Fsp3) is 0.500. The molecule has 0 saturated heterocycles. The van der Waals surface area contributed by atoms with E-state index in [1.165, 1.54) is 0 Å². The highest BCUT2D eigenvalue weighted by atomic mass is 32.2. The van der Waals surface area contributed by atoms with Crippen LogP contribution in [0, 0.1) is 11.6 Å². The van der Waals surface area contributed by atoms with Crippen molar-refractivity contribution in [3.8, 4) is 0 Å². The van der Waals surface area contributed by atoms with Crippen LogP contribution >= 0.6 is 0 Å². The second kappa shape index (κ2) is 4.81. The monoisotopic (exact) mass is 290 g/mol. The fourth-order valence-corrected chi connectivity index (χ4v) is 3.72. The zero-order chi connectivity index (χ0) is 14.3. The molecule has 0 bridgehead atoms. The molecule has 4 nitrogen and oxygen atoms in total. The van der Waals surface area contributed by atoms with E-state index in [1.54, 1.807) is 6.92 Å². The summed E-state index contributed by atoms with van der Waals surface area (Å²) in [5, 5.41) is 0. The molecule has 1 aromatic carbocycles. The molecule has 1 aromatic rings. The molecule has 0 heterocycles. The smallest absolute Gasteiger partial charge is 0.244 e. The molecule has 0 aromatic heterocycles. The maximum atomic E-state index is 13.7. The predicted molar refractivity (Wildman–Crippen MR) is 66.8 cm³/mol. The van der Waals surface area contributed by atoms with E-state index >= 15 is 0 Å². The van der Waals surface area contributed by atoms with Crippen LogP contribution in [0.2, 0.25) is 0 Å². The second-order valence-corrected chi connectivity index (χ2v) is 6.76. The normalized spacial score (nSPS) is 18.1. The summed E-state index contributed by atoms with van der Waals surface area (Å²) in [5.41, 5.74) is 5.01. The summed E-state index contributed by atoms with van der Waals surface area (Å²) >= 11 is 0. The van der Waals surface area contributed by atoms with Gasteiger partial charge >= 0.3 is 0 Å². The molecule has 3 N–H and O–H groups in total. The Balaban J connectivity index is 2.42. The fourth-order valence-electron chi connectivity index (χ4n) is 2.12. The van der Waals surface area contributed by atoms with E-state index < -0.39 is 32.1 Å². The van der Waals surface area contributed by atoms with Gasteiger partial charge in [-0.05, 0) is 43.9 Å². The SMILES string of the molecule is CC1(NS(=O)(=O)c2cc(CN)cc(F)c2F)CCC1. The first kappa shape index (κ1) is 14.4. The van der Waals surface area contributed by atoms with Crippen LogP contribution in [0.3, 0.4) is 0 Å². The number of nitrogens with two attached hydrogens (primary N) is 1. The van der Waals surface area contributed by atoms with Crippen molar-refractivity contribution in [2.75, 3.05) is 0 Å². The van der Waals surface area contributed by atoms with Gasteiger partial charge in [-0.15, -0.1) is 0 Å². The van der Waals surface area contributed by atoms with Gasteiger partial charge in [0.05, 0.1) is 0 Å². The third-order valence-corrected chi connectivity index (χ3v) is 5.06. The maximum Gasteiger partial charge on any atom is 0.244 e. The van der Waals surface area contributed by atoms with E-state index in [0.717, 1.165) is 18.6 Å². The Morgan fingerprint density at radius 3 is 2.47 bits per heavy atom. The quantitative estimate of drug-likeness (QED) is 0.885. The zero-order valence-electron chi connectivity index (χ0n) is 10.5. The molecule has 0 unspecified atom stereocenters. The predicted octanol–water partition coefficient (Wildman–Crippen LogP) is 1.64. The Kier molecular flexibility index (Phi) is 3.63. The van der Waals surface area contributed by atoms with Gasteiger partial charge in [0, 0.05) is 12.1 Å². The molecule has 106 valence electrons. The summed E-state index contributed by atoms with van der Waals surface area (Å²) < 4.78 is 53.7. The van der Waals surface area contributed by atoms with Crippen molar-refractivity contribution in [2.45, 2.75) is 43.2 Å². The summed E-state index contributed by atoms with van der Waals surface area (Å²) in [7, 11) is -4.09. The highest BCUT2D eigenvalue weighted by Crippen LogP contribution is 2.33. The van der Waals surface area contributed by atoms with Gasteiger partial charge < -0.3 is 5.73 Å². The molecule has 1 aliphatic carbocycles. The van der Waals surface area contributed by atoms with Crippen molar-refractivity contribution in [3.05, 3.63) is 29.3 Å². The molecule has 0 aliphatic heterocycles. The summed E-state index contributed by atoms with van der Waals surface area (Å²) in [6, 6.07) is 1.97. The van der Waals surface area contributed by atoms with E-state index in [0.29, 0.717) is 12.8 Å². The first-order valence-corrected chi connectivity index (χ1v) is 7.48. The minimum absolute atomic E-state index is 0.0585. The van der Waals surface area contributed by atoms with Crippen molar-refractivity contribution in [1.29, 1.82) is 0 Å². The summed E-state index contributed by atoms with van der Waals surface area (Å²) in [5.74, 6) is -2.57. The number of halogens is 2. The van der Waals surface area contributed by atoms with Crippen molar-refractivity contribution in [3.63, 3.8) is 0 Å². The molecular formula is C12H16F2N2O2S. The van der Waals surface area contributed by atoms with Gasteiger partial charge in [-0.2, -0.15) is 0 Å². The molecule has 0 amide bonds. The minimum Gasteiger partial charge on any atom is -0.326 e. The molecule has 0 atom stereocenters. The largest absolute Gasteiger partial charge is 0.326 e. The minimum atomic E-state index is -4.09. The van der Waals surface area contributed by atoms with Crippen LogP contribution in [0.1, 0.15) is 31.7 Å². The first-order chi connectivity index (χ1) is 8.77. The van der Waals surface area contributed by atoms with Gasteiger partial charge in [-0.25, -0.2) is 21.9 Å². The molecule has 0 radical (unpaired) electrons. The number of nitrogens with one attached hydrogen (secondary N) is 1. The lowest BCUT2D eigenvalue weighted by Crippen LogP contribution is -2.50. The highest BCUT2D eigenvalue weighted by molar-refractivity contribution is 7.89. The number of hydrogen-bond acceptors (Lipinski definition) is 3. The molecule has 0 spiro atoms. The van der Waals surface area contributed by atoms with Crippen LogP contribution in [-0.4, -0.2) is 14.0 Å². The van der Waals surface area contributed by atoms with E-state index in [2.05, 4.69) is 4.72 Å². The van der Waals surface area contributed by atoms with Crippen LogP contribution in [0.25, 0.3) is 0 Å². The Morgan fingerprint density at radius 1 is 1.37 bits per heavy atom. The number of rotatable bonds is 4. The molecule has 1 saturated carbocycles. The first-order valence-electron chi connectivity index (χ1n) is 5.99. The van der Waals surface area contributed by atoms with Crippen molar-refractivity contribution in [1.82, 2.24) is 4.72 Å². The number of benzene rings is 1. The molecule has 7 heteroatoms. The standard InChI is InChI=1S/C12H16F2N2O2S/c1-12(3-2-4-12)16-19(17,18)10-6-8(7-15)5-9(13)11(10)14/h5-6,16H,2-4,7,15H2,1H3. The second-order valence-electron chi connectivity index (χ2n) is 5.11. The van der Waals surface area contributed by atoms with E-state index in [-0.39, 0.29) is 12.1 Å². The molecule has 2 rings (SSSR count). The van der Waals surface area contributed by atoms with E-state index in [4.69, 9.17) is 5.73 Å². The van der Waals surface area contributed by atoms with E-state index in [9.17, 15) is 17.2 Å². The highest BCUT2D eigenvalue weighted by Gasteiger charge is 2.37. The lowest BCUT2D eigenvalue weighted by atomic mass is 9.80. The Bertz CT molecular complexity index is 598. The van der Waals surface area contributed by atoms with Gasteiger partial charge in [-0.1, -0.05) is 0 Å². The van der Waals surface area contributed by atoms with Gasteiger partial charge in [0.2, 0.25) is 10.0 Å². The van der Waals surface area contributed by atoms with Crippen LogP contribution in [0.4, 0.5) is 8.78 Å². The van der Waals surface area contributed by atoms with Gasteiger partial charge in [0.25, 0.3) is 0 Å². The topological polar surface area (TPSA) is 72.2 Å². The summed E-state index contributed by atoms with van der Waals surface area (Å²) in [4.78, 5) is -0.680. The number of hydrogen-bond donors (Lipinski definition) is 2. The van der Waals surface area contributed by atoms with Crippen molar-refractivity contribution in [2.24, 2.45) is 5.73 Å². The molecular weight excluding hydrogens is 274 g/mol. The van der Waals surface area contributed by atoms with Gasteiger partial charge in [0.15, 0.2) is 11.6 Å². The zero-order valence-corrected chi connectivity index (χ0v) is 11.4. The van der Waals surface area contributed by atoms with Crippen molar-refractivity contribution < 1.29 is 17.2 Å². The third kappa shape index (κ3) is 2.77. The van der Waals surface area contributed by atoms with Crippen LogP contribution in [-0.2, 0) is 16.6 Å². The van der Waals surface area contributed by atoms with Crippen LogP contribution in [0.15, 0.2) is 17.0 Å². The lowest BCUT2D eigenvalue weighted by Gasteiger charge is -2.38. The number of sulfonamides is 1. The van der Waals surface area contributed by atoms with Crippen molar-refractivity contribution >= 4 is 10.0 Å².